The second-order valence-corrected chi connectivity index (χ2v) is 7.02. The molecule has 1 aliphatic rings. The zero-order valence-electron chi connectivity index (χ0n) is 13.5. The number of anilines is 2. The highest BCUT2D eigenvalue weighted by molar-refractivity contribution is 9.10. The summed E-state index contributed by atoms with van der Waals surface area (Å²) in [6.07, 6.45) is 0.762. The number of hydrogen-bond acceptors (Lipinski definition) is 3. The Morgan fingerprint density at radius 2 is 2.00 bits per heavy atom. The molecule has 0 saturated carbocycles. The van der Waals surface area contributed by atoms with E-state index in [1.165, 1.54) is 6.92 Å². The third-order valence-electron chi connectivity index (χ3n) is 3.87. The molecule has 130 valence electrons. The molecule has 2 aromatic rings. The summed E-state index contributed by atoms with van der Waals surface area (Å²) in [7, 11) is 0. The number of amides is 2. The van der Waals surface area contributed by atoms with Gasteiger partial charge in [0.15, 0.2) is 6.61 Å². The van der Waals surface area contributed by atoms with Crippen LogP contribution in [0.1, 0.15) is 12.5 Å². The first-order chi connectivity index (χ1) is 11.9. The number of ether oxygens (including phenoxy) is 1. The van der Waals surface area contributed by atoms with E-state index < -0.39 is 0 Å². The third kappa shape index (κ3) is 4.14. The summed E-state index contributed by atoms with van der Waals surface area (Å²) in [4.78, 5) is 25.8. The van der Waals surface area contributed by atoms with Gasteiger partial charge in [-0.15, -0.1) is 0 Å². The monoisotopic (exact) mass is 422 g/mol. The molecule has 5 nitrogen and oxygen atoms in total. The SMILES string of the molecule is CC(=O)N1CCc2cc(Br)cc(NC(=O)COc3ccc(Cl)cc3)c21. The predicted molar refractivity (Wildman–Crippen MR) is 101 cm³/mol. The molecule has 0 saturated heterocycles. The van der Waals surface area contributed by atoms with Gasteiger partial charge in [0.1, 0.15) is 5.75 Å². The van der Waals surface area contributed by atoms with Crippen LogP contribution >= 0.6 is 27.5 Å². The molecular formula is C18H16BrClN2O3. The fourth-order valence-corrected chi connectivity index (χ4v) is 3.42. The van der Waals surface area contributed by atoms with Crippen LogP contribution in [-0.4, -0.2) is 25.0 Å². The highest BCUT2D eigenvalue weighted by Crippen LogP contribution is 2.38. The summed E-state index contributed by atoms with van der Waals surface area (Å²) in [5.41, 5.74) is 2.39. The maximum absolute atomic E-state index is 12.3. The van der Waals surface area contributed by atoms with Gasteiger partial charge in [-0.25, -0.2) is 0 Å². The molecule has 3 rings (SSSR count). The van der Waals surface area contributed by atoms with Gasteiger partial charge in [0.25, 0.3) is 5.91 Å². The van der Waals surface area contributed by atoms with Crippen molar-refractivity contribution < 1.29 is 14.3 Å². The van der Waals surface area contributed by atoms with Gasteiger partial charge in [-0.3, -0.25) is 9.59 Å². The lowest BCUT2D eigenvalue weighted by molar-refractivity contribution is -0.118. The van der Waals surface area contributed by atoms with Crippen molar-refractivity contribution >= 4 is 50.7 Å². The number of nitrogens with one attached hydrogen (secondary N) is 1. The molecular weight excluding hydrogens is 408 g/mol. The number of carbonyl (C=O) groups excluding carboxylic acids is 2. The fraction of sp³-hybridized carbons (Fsp3) is 0.222. The smallest absolute Gasteiger partial charge is 0.262 e. The Bertz CT molecular complexity index is 824. The highest BCUT2D eigenvalue weighted by atomic mass is 79.9. The first-order valence-corrected chi connectivity index (χ1v) is 8.90. The summed E-state index contributed by atoms with van der Waals surface area (Å²) >= 11 is 9.26. The number of fused-ring (bicyclic) bond motifs is 1. The first kappa shape index (κ1) is 17.8. The van der Waals surface area contributed by atoms with Crippen molar-refractivity contribution in [3.63, 3.8) is 0 Å². The van der Waals surface area contributed by atoms with Crippen LogP contribution in [0.5, 0.6) is 5.75 Å². The Balaban J connectivity index is 1.73. The minimum Gasteiger partial charge on any atom is -0.484 e. The maximum Gasteiger partial charge on any atom is 0.262 e. The zero-order valence-corrected chi connectivity index (χ0v) is 15.9. The fourth-order valence-electron chi connectivity index (χ4n) is 2.79. The second kappa shape index (κ2) is 7.45. The quantitative estimate of drug-likeness (QED) is 0.808. The summed E-state index contributed by atoms with van der Waals surface area (Å²) in [6, 6.07) is 10.5. The Kier molecular flexibility index (Phi) is 5.30. The first-order valence-electron chi connectivity index (χ1n) is 7.73. The van der Waals surface area contributed by atoms with Crippen LogP contribution in [0.15, 0.2) is 40.9 Å². The molecule has 0 bridgehead atoms. The number of nitrogens with zero attached hydrogens (tertiary/aromatic N) is 1. The highest BCUT2D eigenvalue weighted by Gasteiger charge is 2.26. The Labute approximate surface area is 159 Å². The van der Waals surface area contributed by atoms with Gasteiger partial charge < -0.3 is 15.0 Å². The molecule has 1 N–H and O–H groups in total. The van der Waals surface area contributed by atoms with Crippen molar-refractivity contribution in [2.45, 2.75) is 13.3 Å². The minimum atomic E-state index is -0.300. The summed E-state index contributed by atoms with van der Waals surface area (Å²) in [5, 5.41) is 3.44. The Hall–Kier alpha value is -2.05. The number of rotatable bonds is 4. The number of benzene rings is 2. The van der Waals surface area contributed by atoms with Gasteiger partial charge in [-0.05, 0) is 48.4 Å². The molecule has 7 heteroatoms. The van der Waals surface area contributed by atoms with Gasteiger partial charge in [0.05, 0.1) is 11.4 Å². The molecule has 0 unspecified atom stereocenters. The van der Waals surface area contributed by atoms with E-state index in [2.05, 4.69) is 21.2 Å². The van der Waals surface area contributed by atoms with Crippen molar-refractivity contribution in [1.82, 2.24) is 0 Å². The van der Waals surface area contributed by atoms with Crippen LogP contribution < -0.4 is 15.0 Å². The number of halogens is 2. The average molecular weight is 424 g/mol. The van der Waals surface area contributed by atoms with E-state index in [9.17, 15) is 9.59 Å². The van der Waals surface area contributed by atoms with Crippen molar-refractivity contribution in [2.24, 2.45) is 0 Å². The van der Waals surface area contributed by atoms with Gasteiger partial charge in [0.2, 0.25) is 5.91 Å². The summed E-state index contributed by atoms with van der Waals surface area (Å²) in [6.45, 7) is 2.00. The molecule has 2 amide bonds. The molecule has 0 atom stereocenters. The van der Waals surface area contributed by atoms with E-state index >= 15 is 0 Å². The standard InChI is InChI=1S/C18H16BrClN2O3/c1-11(23)22-7-6-12-8-13(19)9-16(18(12)22)21-17(24)10-25-15-4-2-14(20)3-5-15/h2-5,8-9H,6-7,10H2,1H3,(H,21,24). The Morgan fingerprint density at radius 3 is 2.68 bits per heavy atom. The van der Waals surface area contributed by atoms with E-state index in [4.69, 9.17) is 16.3 Å². The molecule has 1 heterocycles. The van der Waals surface area contributed by atoms with E-state index in [1.807, 2.05) is 6.07 Å². The molecule has 1 aliphatic heterocycles. The molecule has 25 heavy (non-hydrogen) atoms. The largest absolute Gasteiger partial charge is 0.484 e. The van der Waals surface area contributed by atoms with E-state index in [0.29, 0.717) is 23.0 Å². The topological polar surface area (TPSA) is 58.6 Å². The molecule has 2 aromatic carbocycles. The summed E-state index contributed by atoms with van der Waals surface area (Å²) in [5.74, 6) is 0.212. The Morgan fingerprint density at radius 1 is 1.28 bits per heavy atom. The lowest BCUT2D eigenvalue weighted by atomic mass is 10.1. The van der Waals surface area contributed by atoms with E-state index in [-0.39, 0.29) is 18.4 Å². The van der Waals surface area contributed by atoms with Gasteiger partial charge in [-0.2, -0.15) is 0 Å². The lowest BCUT2D eigenvalue weighted by Crippen LogP contribution is -2.28. The average Bonchev–Trinajstić information content (AvgIpc) is 2.98. The number of carbonyl (C=O) groups is 2. The van der Waals surface area contributed by atoms with E-state index in [1.54, 1.807) is 35.2 Å². The third-order valence-corrected chi connectivity index (χ3v) is 4.58. The van der Waals surface area contributed by atoms with Crippen molar-refractivity contribution in [3.8, 4) is 5.75 Å². The van der Waals surface area contributed by atoms with Crippen LogP contribution in [-0.2, 0) is 16.0 Å². The van der Waals surface area contributed by atoms with Crippen LogP contribution in [0.25, 0.3) is 0 Å². The summed E-state index contributed by atoms with van der Waals surface area (Å²) < 4.78 is 6.31. The molecule has 0 fully saturated rings. The molecule has 0 aromatic heterocycles. The van der Waals surface area contributed by atoms with Crippen LogP contribution in [0.2, 0.25) is 5.02 Å². The minimum absolute atomic E-state index is 0.0472. The predicted octanol–water partition coefficient (Wildman–Crippen LogP) is 4.03. The van der Waals surface area contributed by atoms with Crippen LogP contribution in [0.3, 0.4) is 0 Å². The maximum atomic E-state index is 12.3. The number of hydrogen-bond donors (Lipinski definition) is 1. The lowest BCUT2D eigenvalue weighted by Gasteiger charge is -2.19. The van der Waals surface area contributed by atoms with Gasteiger partial charge >= 0.3 is 0 Å². The molecule has 0 radical (unpaired) electrons. The van der Waals surface area contributed by atoms with E-state index in [0.717, 1.165) is 22.1 Å². The van der Waals surface area contributed by atoms with Crippen molar-refractivity contribution in [3.05, 3.63) is 51.5 Å². The van der Waals surface area contributed by atoms with Crippen molar-refractivity contribution in [2.75, 3.05) is 23.4 Å². The molecule has 0 aliphatic carbocycles. The van der Waals surface area contributed by atoms with Gasteiger partial charge in [0, 0.05) is 23.0 Å². The normalized spacial score (nSPS) is 12.7. The zero-order chi connectivity index (χ0) is 18.0. The van der Waals surface area contributed by atoms with Crippen LogP contribution in [0, 0.1) is 0 Å². The van der Waals surface area contributed by atoms with Crippen LogP contribution in [0.4, 0.5) is 11.4 Å². The van der Waals surface area contributed by atoms with Gasteiger partial charge in [-0.1, -0.05) is 27.5 Å². The second-order valence-electron chi connectivity index (χ2n) is 5.67. The molecule has 0 spiro atoms. The van der Waals surface area contributed by atoms with Crippen molar-refractivity contribution in [1.29, 1.82) is 0 Å².